The minimum absolute atomic E-state index is 0.207. The third-order valence-electron chi connectivity index (χ3n) is 3.02. The summed E-state index contributed by atoms with van der Waals surface area (Å²) in [5.74, 6) is 0.386. The number of anilines is 2. The Kier molecular flexibility index (Phi) is 5.17. The van der Waals surface area contributed by atoms with Gasteiger partial charge in [0.05, 0.1) is 5.56 Å². The van der Waals surface area contributed by atoms with Crippen LogP contribution in [-0.4, -0.2) is 17.4 Å². The topological polar surface area (TPSA) is 54.0 Å². The zero-order valence-electron chi connectivity index (χ0n) is 12.1. The molecule has 2 N–H and O–H groups in total. The average Bonchev–Trinajstić information content (AvgIpc) is 2.49. The van der Waals surface area contributed by atoms with E-state index in [1.54, 1.807) is 24.4 Å². The fourth-order valence-electron chi connectivity index (χ4n) is 1.84. The predicted molar refractivity (Wildman–Crippen MR) is 87.2 cm³/mol. The molecule has 2 rings (SSSR count). The van der Waals surface area contributed by atoms with Gasteiger partial charge in [-0.25, -0.2) is 4.98 Å². The third kappa shape index (κ3) is 3.95. The predicted octanol–water partition coefficient (Wildman–Crippen LogP) is 4.12. The van der Waals surface area contributed by atoms with Gasteiger partial charge in [-0.1, -0.05) is 24.6 Å². The summed E-state index contributed by atoms with van der Waals surface area (Å²) >= 11 is 6.07. The van der Waals surface area contributed by atoms with E-state index in [-0.39, 0.29) is 5.91 Å². The smallest absolute Gasteiger partial charge is 0.259 e. The molecule has 0 radical (unpaired) electrons. The van der Waals surface area contributed by atoms with Gasteiger partial charge in [0.2, 0.25) is 0 Å². The fourth-order valence-corrected chi connectivity index (χ4v) is 2.02. The van der Waals surface area contributed by atoms with Crippen LogP contribution in [-0.2, 0) is 0 Å². The van der Waals surface area contributed by atoms with E-state index in [1.807, 2.05) is 19.1 Å². The van der Waals surface area contributed by atoms with Crippen molar-refractivity contribution in [2.75, 3.05) is 17.2 Å². The molecule has 0 unspecified atom stereocenters. The van der Waals surface area contributed by atoms with E-state index in [0.717, 1.165) is 18.5 Å². The second kappa shape index (κ2) is 7.09. The van der Waals surface area contributed by atoms with Crippen molar-refractivity contribution in [3.8, 4) is 0 Å². The molecule has 1 heterocycles. The summed E-state index contributed by atoms with van der Waals surface area (Å²) < 4.78 is 0. The first-order valence-electron chi connectivity index (χ1n) is 6.88. The molecule has 5 heteroatoms. The highest BCUT2D eigenvalue weighted by atomic mass is 35.5. The number of hydrogen-bond donors (Lipinski definition) is 2. The van der Waals surface area contributed by atoms with E-state index in [9.17, 15) is 4.79 Å². The van der Waals surface area contributed by atoms with Crippen LogP contribution in [0.4, 0.5) is 11.5 Å². The summed E-state index contributed by atoms with van der Waals surface area (Å²) in [7, 11) is 0. The third-order valence-corrected chi connectivity index (χ3v) is 3.43. The molecular weight excluding hydrogens is 286 g/mol. The Morgan fingerprint density at radius 3 is 2.86 bits per heavy atom. The van der Waals surface area contributed by atoms with Gasteiger partial charge < -0.3 is 10.6 Å². The van der Waals surface area contributed by atoms with Gasteiger partial charge >= 0.3 is 0 Å². The Morgan fingerprint density at radius 2 is 2.14 bits per heavy atom. The number of nitrogens with one attached hydrogen (secondary N) is 2. The van der Waals surface area contributed by atoms with Crippen LogP contribution in [0.2, 0.25) is 5.02 Å². The lowest BCUT2D eigenvalue weighted by atomic mass is 10.2. The highest BCUT2D eigenvalue weighted by molar-refractivity contribution is 6.31. The SMILES string of the molecule is CCCNc1ncccc1C(=O)Nc1ccc(C)c(Cl)c1. The van der Waals surface area contributed by atoms with Crippen LogP contribution in [0.1, 0.15) is 29.3 Å². The van der Waals surface area contributed by atoms with Crippen LogP contribution in [0.3, 0.4) is 0 Å². The normalized spacial score (nSPS) is 10.2. The van der Waals surface area contributed by atoms with Crippen molar-refractivity contribution >= 4 is 29.0 Å². The van der Waals surface area contributed by atoms with Gasteiger partial charge in [0.15, 0.2) is 0 Å². The largest absolute Gasteiger partial charge is 0.369 e. The number of rotatable bonds is 5. The van der Waals surface area contributed by atoms with Crippen LogP contribution < -0.4 is 10.6 Å². The van der Waals surface area contributed by atoms with Crippen LogP contribution in [0, 0.1) is 6.92 Å². The van der Waals surface area contributed by atoms with Crippen LogP contribution >= 0.6 is 11.6 Å². The summed E-state index contributed by atoms with van der Waals surface area (Å²) in [6.45, 7) is 4.75. The van der Waals surface area contributed by atoms with Crippen LogP contribution in [0.5, 0.6) is 0 Å². The number of nitrogens with zero attached hydrogens (tertiary/aromatic N) is 1. The fraction of sp³-hybridized carbons (Fsp3) is 0.250. The zero-order chi connectivity index (χ0) is 15.2. The molecule has 1 amide bonds. The maximum Gasteiger partial charge on any atom is 0.259 e. The van der Waals surface area contributed by atoms with Gasteiger partial charge in [0.25, 0.3) is 5.91 Å². The molecule has 2 aromatic rings. The molecule has 0 saturated carbocycles. The molecule has 1 aromatic heterocycles. The Balaban J connectivity index is 2.18. The number of benzene rings is 1. The number of hydrogen-bond acceptors (Lipinski definition) is 3. The van der Waals surface area contributed by atoms with Gasteiger partial charge in [-0.05, 0) is 43.2 Å². The molecule has 0 atom stereocenters. The molecule has 110 valence electrons. The molecule has 21 heavy (non-hydrogen) atoms. The van der Waals surface area contributed by atoms with Gasteiger partial charge in [-0.3, -0.25) is 4.79 Å². The molecule has 0 saturated heterocycles. The number of aryl methyl sites for hydroxylation is 1. The number of amides is 1. The Morgan fingerprint density at radius 1 is 1.33 bits per heavy atom. The van der Waals surface area contributed by atoms with Gasteiger partial charge in [-0.15, -0.1) is 0 Å². The van der Waals surface area contributed by atoms with E-state index < -0.39 is 0 Å². The lowest BCUT2D eigenvalue weighted by Crippen LogP contribution is -2.16. The van der Waals surface area contributed by atoms with Gasteiger partial charge in [0.1, 0.15) is 5.82 Å². The average molecular weight is 304 g/mol. The van der Waals surface area contributed by atoms with Crippen molar-refractivity contribution in [2.45, 2.75) is 20.3 Å². The lowest BCUT2D eigenvalue weighted by Gasteiger charge is -2.11. The summed E-state index contributed by atoms with van der Waals surface area (Å²) in [5, 5.41) is 6.62. The van der Waals surface area contributed by atoms with Crippen LogP contribution in [0.25, 0.3) is 0 Å². The Labute approximate surface area is 129 Å². The minimum atomic E-state index is -0.207. The Bertz CT molecular complexity index is 643. The molecule has 0 fully saturated rings. The summed E-state index contributed by atoms with van der Waals surface area (Å²) in [4.78, 5) is 16.6. The number of carbonyl (C=O) groups excluding carboxylic acids is 1. The van der Waals surface area contributed by atoms with Gasteiger partial charge in [0, 0.05) is 23.5 Å². The van der Waals surface area contributed by atoms with Crippen molar-refractivity contribution in [2.24, 2.45) is 0 Å². The quantitative estimate of drug-likeness (QED) is 0.873. The summed E-state index contributed by atoms with van der Waals surface area (Å²) in [6.07, 6.45) is 2.63. The molecule has 4 nitrogen and oxygen atoms in total. The highest BCUT2D eigenvalue weighted by Crippen LogP contribution is 2.21. The number of halogens is 1. The summed E-state index contributed by atoms with van der Waals surface area (Å²) in [6, 6.07) is 8.93. The van der Waals surface area contributed by atoms with Crippen LogP contribution in [0.15, 0.2) is 36.5 Å². The Hall–Kier alpha value is -2.07. The van der Waals surface area contributed by atoms with E-state index in [4.69, 9.17) is 11.6 Å². The molecule has 0 spiro atoms. The second-order valence-electron chi connectivity index (χ2n) is 4.74. The standard InChI is InChI=1S/C16H18ClN3O/c1-3-8-18-15-13(5-4-9-19-15)16(21)20-12-7-6-11(2)14(17)10-12/h4-7,9-10H,3,8H2,1-2H3,(H,18,19)(H,20,21). The first-order chi connectivity index (χ1) is 10.1. The number of carbonyl (C=O) groups is 1. The highest BCUT2D eigenvalue weighted by Gasteiger charge is 2.12. The first kappa shape index (κ1) is 15.3. The summed E-state index contributed by atoms with van der Waals surface area (Å²) in [5.41, 5.74) is 2.16. The monoisotopic (exact) mass is 303 g/mol. The van der Waals surface area contributed by atoms with E-state index in [2.05, 4.69) is 22.5 Å². The van der Waals surface area contributed by atoms with Crippen molar-refractivity contribution in [1.82, 2.24) is 4.98 Å². The number of pyridine rings is 1. The van der Waals surface area contributed by atoms with Crippen molar-refractivity contribution in [3.05, 3.63) is 52.7 Å². The first-order valence-corrected chi connectivity index (χ1v) is 7.26. The minimum Gasteiger partial charge on any atom is -0.369 e. The lowest BCUT2D eigenvalue weighted by molar-refractivity contribution is 0.102. The molecular formula is C16H18ClN3O. The molecule has 0 aliphatic heterocycles. The number of aromatic nitrogens is 1. The van der Waals surface area contributed by atoms with E-state index in [1.165, 1.54) is 0 Å². The second-order valence-corrected chi connectivity index (χ2v) is 5.15. The van der Waals surface area contributed by atoms with E-state index >= 15 is 0 Å². The van der Waals surface area contributed by atoms with Crippen molar-refractivity contribution < 1.29 is 4.79 Å². The molecule has 0 aliphatic carbocycles. The maximum atomic E-state index is 12.4. The molecule has 0 aliphatic rings. The molecule has 0 bridgehead atoms. The van der Waals surface area contributed by atoms with Crippen molar-refractivity contribution in [1.29, 1.82) is 0 Å². The van der Waals surface area contributed by atoms with Crippen molar-refractivity contribution in [3.63, 3.8) is 0 Å². The molecule has 1 aromatic carbocycles. The van der Waals surface area contributed by atoms with Gasteiger partial charge in [-0.2, -0.15) is 0 Å². The van der Waals surface area contributed by atoms with E-state index in [0.29, 0.717) is 22.1 Å². The zero-order valence-corrected chi connectivity index (χ0v) is 12.9. The maximum absolute atomic E-state index is 12.4.